The lowest BCUT2D eigenvalue weighted by Crippen LogP contribution is -2.32. The van der Waals surface area contributed by atoms with Crippen molar-refractivity contribution >= 4 is 23.0 Å². The number of phenols is 1. The van der Waals surface area contributed by atoms with Crippen LogP contribution in [0.15, 0.2) is 58.1 Å². The number of H-pyrrole nitrogens is 1. The Labute approximate surface area is 178 Å². The lowest BCUT2D eigenvalue weighted by molar-refractivity contribution is 0.0960. The summed E-state index contributed by atoms with van der Waals surface area (Å²) in [6.07, 6.45) is 0.664. The van der Waals surface area contributed by atoms with Crippen LogP contribution >= 0.6 is 0 Å². The molecule has 3 rings (SSSR count). The zero-order valence-corrected chi connectivity index (χ0v) is 17.5. The van der Waals surface area contributed by atoms with E-state index in [9.17, 15) is 19.5 Å². The molecule has 1 amide bonds. The number of phenolic OH excluding ortho intramolecular Hbond substituents is 1. The van der Waals surface area contributed by atoms with Gasteiger partial charge in [0.25, 0.3) is 17.0 Å². The predicted molar refractivity (Wildman–Crippen MR) is 120 cm³/mol. The molecule has 9 heteroatoms. The largest absolute Gasteiger partial charge is 0.505 e. The van der Waals surface area contributed by atoms with Crippen molar-refractivity contribution in [3.05, 3.63) is 80.4 Å². The third-order valence-electron chi connectivity index (χ3n) is 4.96. The van der Waals surface area contributed by atoms with Gasteiger partial charge in [-0.25, -0.2) is 0 Å². The molecular weight excluding hydrogens is 398 g/mol. The minimum absolute atomic E-state index is 0.0398. The Hall–Kier alpha value is -4.01. The molecule has 162 valence electrons. The molecule has 0 radical (unpaired) electrons. The number of nitrogens with one attached hydrogen (secondary N) is 4. The van der Waals surface area contributed by atoms with Gasteiger partial charge >= 0.3 is 0 Å². The molecule has 3 aromatic rings. The molecule has 2 aromatic carbocycles. The predicted octanol–water partition coefficient (Wildman–Crippen LogP) is 2.45. The Morgan fingerprint density at radius 3 is 2.45 bits per heavy atom. The first-order valence-corrected chi connectivity index (χ1v) is 9.83. The van der Waals surface area contributed by atoms with Crippen LogP contribution in [0.5, 0.6) is 5.75 Å². The van der Waals surface area contributed by atoms with Crippen LogP contribution in [0.1, 0.15) is 35.3 Å². The van der Waals surface area contributed by atoms with E-state index in [4.69, 9.17) is 0 Å². The van der Waals surface area contributed by atoms with Crippen molar-refractivity contribution in [3.63, 3.8) is 0 Å². The fourth-order valence-electron chi connectivity index (χ4n) is 3.28. The fourth-order valence-corrected chi connectivity index (χ4v) is 3.28. The number of hydrogen-bond acceptors (Lipinski definition) is 6. The molecule has 0 bridgehead atoms. The highest BCUT2D eigenvalue weighted by Crippen LogP contribution is 2.32. The molecule has 1 unspecified atom stereocenters. The van der Waals surface area contributed by atoms with Gasteiger partial charge in [-0.05, 0) is 24.1 Å². The molecular formula is C22H25N5O4. The monoisotopic (exact) mass is 423 g/mol. The van der Waals surface area contributed by atoms with Crippen molar-refractivity contribution in [1.29, 1.82) is 0 Å². The normalized spacial score (nSPS) is 11.6. The van der Waals surface area contributed by atoms with E-state index in [2.05, 4.69) is 21.0 Å². The number of rotatable bonds is 7. The quantitative estimate of drug-likeness (QED) is 0.371. The van der Waals surface area contributed by atoms with Gasteiger partial charge in [-0.3, -0.25) is 24.2 Å². The van der Waals surface area contributed by atoms with Crippen LogP contribution in [0.25, 0.3) is 0 Å². The third kappa shape index (κ3) is 4.45. The van der Waals surface area contributed by atoms with E-state index in [1.165, 1.54) is 26.2 Å². The van der Waals surface area contributed by atoms with Gasteiger partial charge in [0.2, 0.25) is 0 Å². The number of aryl methyl sites for hydroxylation is 1. The molecule has 1 heterocycles. The number of carbonyl (C=O) groups excluding carboxylic acids is 1. The molecule has 9 nitrogen and oxygen atoms in total. The number of aromatic amines is 1. The van der Waals surface area contributed by atoms with Gasteiger partial charge in [0.05, 0.1) is 17.3 Å². The second-order valence-electron chi connectivity index (χ2n) is 6.98. The van der Waals surface area contributed by atoms with Gasteiger partial charge < -0.3 is 21.1 Å². The standard InChI is InChI=1S/C22H25N5O4/c1-4-15(13-9-6-5-7-10-13)24-18-17(21(30)26-27(3)22(18)31)25-16-12-8-11-14(19(16)28)20(29)23-2/h5-12,15,24-25,28H,4H2,1-3H3,(H,23,29)(H,26,30). The number of aromatic hydroxyl groups is 1. The van der Waals surface area contributed by atoms with E-state index < -0.39 is 17.0 Å². The van der Waals surface area contributed by atoms with E-state index in [0.29, 0.717) is 6.42 Å². The molecule has 5 N–H and O–H groups in total. The minimum Gasteiger partial charge on any atom is -0.505 e. The van der Waals surface area contributed by atoms with E-state index >= 15 is 0 Å². The molecule has 31 heavy (non-hydrogen) atoms. The zero-order valence-electron chi connectivity index (χ0n) is 17.5. The van der Waals surface area contributed by atoms with Crippen molar-refractivity contribution < 1.29 is 9.90 Å². The number of para-hydroxylation sites is 1. The first-order valence-electron chi connectivity index (χ1n) is 9.83. The van der Waals surface area contributed by atoms with Gasteiger partial charge in [-0.2, -0.15) is 0 Å². The van der Waals surface area contributed by atoms with Gasteiger partial charge in [0.1, 0.15) is 11.4 Å². The summed E-state index contributed by atoms with van der Waals surface area (Å²) in [5, 5.41) is 21.4. The Morgan fingerprint density at radius 1 is 1.10 bits per heavy atom. The van der Waals surface area contributed by atoms with Gasteiger partial charge in [0.15, 0.2) is 5.75 Å². The third-order valence-corrected chi connectivity index (χ3v) is 4.96. The highest BCUT2D eigenvalue weighted by Gasteiger charge is 2.20. The van der Waals surface area contributed by atoms with Gasteiger partial charge in [-0.15, -0.1) is 0 Å². The number of hydrogen-bond donors (Lipinski definition) is 5. The van der Waals surface area contributed by atoms with E-state index in [1.807, 2.05) is 37.3 Å². The number of carbonyl (C=O) groups is 1. The summed E-state index contributed by atoms with van der Waals surface area (Å²) in [7, 11) is 2.90. The van der Waals surface area contributed by atoms with Crippen molar-refractivity contribution in [3.8, 4) is 5.75 Å². The van der Waals surface area contributed by atoms with Crippen molar-refractivity contribution in [2.24, 2.45) is 7.05 Å². The average Bonchev–Trinajstić information content (AvgIpc) is 2.78. The second-order valence-corrected chi connectivity index (χ2v) is 6.98. The van der Waals surface area contributed by atoms with Crippen molar-refractivity contribution in [2.45, 2.75) is 19.4 Å². The smallest absolute Gasteiger partial charge is 0.290 e. The number of benzene rings is 2. The Morgan fingerprint density at radius 2 is 1.81 bits per heavy atom. The van der Waals surface area contributed by atoms with Crippen LogP contribution < -0.4 is 27.1 Å². The summed E-state index contributed by atoms with van der Waals surface area (Å²) in [4.78, 5) is 37.6. The number of aromatic nitrogens is 2. The van der Waals surface area contributed by atoms with E-state index in [0.717, 1.165) is 10.2 Å². The lowest BCUT2D eigenvalue weighted by Gasteiger charge is -2.21. The van der Waals surface area contributed by atoms with E-state index in [1.54, 1.807) is 6.07 Å². The first-order chi connectivity index (χ1) is 14.9. The fraction of sp³-hybridized carbons (Fsp3) is 0.227. The Balaban J connectivity index is 2.08. The number of nitrogens with zero attached hydrogens (tertiary/aromatic N) is 1. The average molecular weight is 423 g/mol. The molecule has 0 aliphatic heterocycles. The molecule has 0 fully saturated rings. The van der Waals surface area contributed by atoms with Crippen LogP contribution in [0, 0.1) is 0 Å². The summed E-state index contributed by atoms with van der Waals surface area (Å²) in [5.41, 5.74) is 0.126. The molecule has 0 spiro atoms. The Bertz CT molecular complexity index is 1200. The first kappa shape index (κ1) is 21.7. The maximum absolute atomic E-state index is 12.9. The molecule has 0 aliphatic rings. The van der Waals surface area contributed by atoms with Crippen molar-refractivity contribution in [1.82, 2.24) is 15.1 Å². The molecule has 0 saturated heterocycles. The summed E-state index contributed by atoms with van der Waals surface area (Å²) >= 11 is 0. The summed E-state index contributed by atoms with van der Waals surface area (Å²) in [6.45, 7) is 1.97. The lowest BCUT2D eigenvalue weighted by atomic mass is 10.0. The summed E-state index contributed by atoms with van der Waals surface area (Å²) < 4.78 is 1.09. The molecule has 0 aliphatic carbocycles. The number of amides is 1. The molecule has 0 saturated carbocycles. The Kier molecular flexibility index (Phi) is 6.44. The molecule has 1 atom stereocenters. The topological polar surface area (TPSA) is 128 Å². The molecule has 1 aromatic heterocycles. The summed E-state index contributed by atoms with van der Waals surface area (Å²) in [6, 6.07) is 13.9. The van der Waals surface area contributed by atoms with Crippen molar-refractivity contribution in [2.75, 3.05) is 17.7 Å². The highest BCUT2D eigenvalue weighted by atomic mass is 16.3. The van der Waals surface area contributed by atoms with Crippen LogP contribution in [-0.4, -0.2) is 27.8 Å². The van der Waals surface area contributed by atoms with Crippen LogP contribution in [0.3, 0.4) is 0 Å². The zero-order chi connectivity index (χ0) is 22.5. The maximum Gasteiger partial charge on any atom is 0.290 e. The highest BCUT2D eigenvalue weighted by molar-refractivity contribution is 5.99. The summed E-state index contributed by atoms with van der Waals surface area (Å²) in [5.74, 6) is -0.810. The number of anilines is 3. The van der Waals surface area contributed by atoms with E-state index in [-0.39, 0.29) is 34.4 Å². The van der Waals surface area contributed by atoms with Crippen LogP contribution in [0.4, 0.5) is 17.1 Å². The maximum atomic E-state index is 12.9. The van der Waals surface area contributed by atoms with Gasteiger partial charge in [0, 0.05) is 14.1 Å². The second kappa shape index (κ2) is 9.21. The SMILES string of the molecule is CCC(Nc1c(Nc2cccc(C(=O)NC)c2O)c(=O)[nH]n(C)c1=O)c1ccccc1. The van der Waals surface area contributed by atoms with Crippen LogP contribution in [0.2, 0.25) is 0 Å². The van der Waals surface area contributed by atoms with Gasteiger partial charge in [-0.1, -0.05) is 43.3 Å². The van der Waals surface area contributed by atoms with Crippen LogP contribution in [-0.2, 0) is 7.05 Å². The minimum atomic E-state index is -0.558.